The van der Waals surface area contributed by atoms with E-state index in [0.29, 0.717) is 12.8 Å². The Morgan fingerprint density at radius 1 is 1.14 bits per heavy atom. The Labute approximate surface area is 164 Å². The Hall–Kier alpha value is -2.51. The summed E-state index contributed by atoms with van der Waals surface area (Å²) in [5.41, 5.74) is 2.17. The molecule has 1 heterocycles. The van der Waals surface area contributed by atoms with E-state index >= 15 is 0 Å². The predicted molar refractivity (Wildman–Crippen MR) is 104 cm³/mol. The second-order valence-corrected chi connectivity index (χ2v) is 7.19. The topological polar surface area (TPSA) is 63.2 Å². The van der Waals surface area contributed by atoms with Gasteiger partial charge in [-0.2, -0.15) is 0 Å². The molecule has 0 N–H and O–H groups in total. The highest BCUT2D eigenvalue weighted by Gasteiger charge is 2.51. The molecule has 1 saturated heterocycles. The fourth-order valence-electron chi connectivity index (χ4n) is 4.11. The molecule has 2 bridgehead atoms. The summed E-state index contributed by atoms with van der Waals surface area (Å²) >= 11 is 0. The zero-order valence-electron chi connectivity index (χ0n) is 16.3. The van der Waals surface area contributed by atoms with Crippen LogP contribution in [0, 0.1) is 0 Å². The van der Waals surface area contributed by atoms with Crippen molar-refractivity contribution in [1.82, 2.24) is 0 Å². The van der Waals surface area contributed by atoms with E-state index in [9.17, 15) is 4.79 Å². The molecule has 0 aromatic heterocycles. The molecular formula is C21H23BO6. The Morgan fingerprint density at radius 3 is 2.54 bits per heavy atom. The zero-order chi connectivity index (χ0) is 19.7. The van der Waals surface area contributed by atoms with Crippen LogP contribution in [0.3, 0.4) is 0 Å². The van der Waals surface area contributed by atoms with Gasteiger partial charge < -0.3 is 23.5 Å². The lowest BCUT2D eigenvalue weighted by Gasteiger charge is -2.48. The first-order valence-corrected chi connectivity index (χ1v) is 9.30. The summed E-state index contributed by atoms with van der Waals surface area (Å²) in [5.74, 6) is 1.18. The van der Waals surface area contributed by atoms with E-state index in [-0.39, 0.29) is 18.7 Å². The van der Waals surface area contributed by atoms with Crippen molar-refractivity contribution in [2.45, 2.75) is 31.5 Å². The summed E-state index contributed by atoms with van der Waals surface area (Å²) in [5, 5.41) is 0. The zero-order valence-corrected chi connectivity index (χ0v) is 16.3. The number of fused-ring (bicyclic) bond motifs is 4. The maximum Gasteiger partial charge on any atom is 0.494 e. The van der Waals surface area contributed by atoms with Crippen molar-refractivity contribution in [2.24, 2.45) is 0 Å². The summed E-state index contributed by atoms with van der Waals surface area (Å²) in [4.78, 5) is 11.5. The van der Waals surface area contributed by atoms with Crippen LogP contribution in [0.1, 0.15) is 30.6 Å². The average Bonchev–Trinajstić information content (AvgIpc) is 2.72. The number of esters is 1. The van der Waals surface area contributed by atoms with Gasteiger partial charge in [0.05, 0.1) is 25.9 Å². The van der Waals surface area contributed by atoms with Crippen LogP contribution in [0.15, 0.2) is 42.5 Å². The summed E-state index contributed by atoms with van der Waals surface area (Å²) in [6.45, 7) is 1.56. The van der Waals surface area contributed by atoms with Crippen LogP contribution in [0.4, 0.5) is 0 Å². The number of hydrogen-bond acceptors (Lipinski definition) is 6. The summed E-state index contributed by atoms with van der Waals surface area (Å²) in [7, 11) is 2.73. The number of rotatable bonds is 5. The van der Waals surface area contributed by atoms with Gasteiger partial charge in [-0.05, 0) is 17.6 Å². The summed E-state index contributed by atoms with van der Waals surface area (Å²) in [6, 6.07) is 13.6. The largest absolute Gasteiger partial charge is 0.496 e. The fraction of sp³-hybridized carbons (Fsp3) is 0.381. The molecule has 2 aromatic rings. The van der Waals surface area contributed by atoms with Crippen molar-refractivity contribution in [1.29, 1.82) is 0 Å². The molecule has 1 aliphatic heterocycles. The van der Waals surface area contributed by atoms with Gasteiger partial charge in [0.15, 0.2) is 0 Å². The lowest BCUT2D eigenvalue weighted by atomic mass is 9.69. The number of benzene rings is 2. The highest BCUT2D eigenvalue weighted by molar-refractivity contribution is 6.61. The van der Waals surface area contributed by atoms with Crippen LogP contribution < -0.4 is 14.9 Å². The minimum Gasteiger partial charge on any atom is -0.496 e. The van der Waals surface area contributed by atoms with E-state index in [0.717, 1.165) is 28.1 Å². The molecule has 7 heteroatoms. The van der Waals surface area contributed by atoms with Gasteiger partial charge in [0.2, 0.25) is 0 Å². The first kappa shape index (κ1) is 18.8. The second-order valence-electron chi connectivity index (χ2n) is 7.19. The molecule has 2 atom stereocenters. The molecule has 0 saturated carbocycles. The molecular weight excluding hydrogens is 359 g/mol. The molecule has 2 aliphatic rings. The molecule has 4 rings (SSSR count). The normalized spacial score (nSPS) is 23.0. The Bertz CT molecular complexity index is 871. The number of hydrogen-bond donors (Lipinski definition) is 0. The van der Waals surface area contributed by atoms with Crippen LogP contribution in [0.5, 0.6) is 11.5 Å². The molecule has 146 valence electrons. The minimum absolute atomic E-state index is 0.158. The van der Waals surface area contributed by atoms with Gasteiger partial charge in [0.25, 0.3) is 0 Å². The average molecular weight is 382 g/mol. The third-order valence-electron chi connectivity index (χ3n) is 5.35. The van der Waals surface area contributed by atoms with Gasteiger partial charge >= 0.3 is 13.1 Å². The van der Waals surface area contributed by atoms with Crippen LogP contribution in [-0.4, -0.2) is 39.5 Å². The number of carbonyl (C=O) groups is 1. The number of carbonyl (C=O) groups excluding carboxylic acids is 1. The standard InChI is InChI=1S/C21H23BO6/c1-14(23)26-13-21-11-16-17(24-2)9-10-18(25-3)20(16)19(12-21)27-22(28-21)15-7-5-4-6-8-15/h4-10,19H,11-13H2,1-3H3/t19-,21-/m0/s1. The van der Waals surface area contributed by atoms with Crippen LogP contribution in [-0.2, 0) is 25.3 Å². The lowest BCUT2D eigenvalue weighted by Crippen LogP contribution is -2.57. The molecule has 0 unspecified atom stereocenters. The molecule has 0 amide bonds. The van der Waals surface area contributed by atoms with Crippen molar-refractivity contribution in [3.8, 4) is 11.5 Å². The highest BCUT2D eigenvalue weighted by atomic mass is 16.6. The number of methoxy groups -OCH3 is 2. The molecule has 2 aromatic carbocycles. The van der Waals surface area contributed by atoms with Crippen LogP contribution in [0.2, 0.25) is 0 Å². The van der Waals surface area contributed by atoms with Gasteiger partial charge in [0.1, 0.15) is 18.1 Å². The van der Waals surface area contributed by atoms with Gasteiger partial charge in [-0.3, -0.25) is 4.79 Å². The molecule has 0 spiro atoms. The monoisotopic (exact) mass is 382 g/mol. The molecule has 0 radical (unpaired) electrons. The molecule has 28 heavy (non-hydrogen) atoms. The van der Waals surface area contributed by atoms with Gasteiger partial charge in [0, 0.05) is 30.9 Å². The first-order chi connectivity index (χ1) is 13.5. The van der Waals surface area contributed by atoms with Gasteiger partial charge in [-0.1, -0.05) is 30.3 Å². The predicted octanol–water partition coefficient (Wildman–Crippen LogP) is 2.44. The van der Waals surface area contributed by atoms with Gasteiger partial charge in [-0.25, -0.2) is 0 Å². The van der Waals surface area contributed by atoms with E-state index in [2.05, 4.69) is 0 Å². The molecule has 6 nitrogen and oxygen atoms in total. The van der Waals surface area contributed by atoms with E-state index < -0.39 is 12.7 Å². The van der Waals surface area contributed by atoms with Crippen molar-refractivity contribution >= 4 is 18.6 Å². The van der Waals surface area contributed by atoms with Crippen LogP contribution >= 0.6 is 0 Å². The molecule has 1 fully saturated rings. The second kappa shape index (κ2) is 7.49. The summed E-state index contributed by atoms with van der Waals surface area (Å²) in [6.07, 6.45) is 0.850. The third kappa shape index (κ3) is 3.36. The lowest BCUT2D eigenvalue weighted by molar-refractivity contribution is -0.154. The third-order valence-corrected chi connectivity index (χ3v) is 5.35. The first-order valence-electron chi connectivity index (χ1n) is 9.30. The maximum atomic E-state index is 11.5. The number of ether oxygens (including phenoxy) is 3. The Balaban J connectivity index is 1.79. The minimum atomic E-state index is -0.693. The van der Waals surface area contributed by atoms with E-state index in [4.69, 9.17) is 23.5 Å². The summed E-state index contributed by atoms with van der Waals surface area (Å²) < 4.78 is 29.4. The fourth-order valence-corrected chi connectivity index (χ4v) is 4.11. The van der Waals surface area contributed by atoms with Gasteiger partial charge in [-0.15, -0.1) is 0 Å². The molecule has 1 aliphatic carbocycles. The Kier molecular flexibility index (Phi) is 5.04. The van der Waals surface area contributed by atoms with Crippen molar-refractivity contribution in [3.63, 3.8) is 0 Å². The van der Waals surface area contributed by atoms with E-state index in [1.54, 1.807) is 14.2 Å². The van der Waals surface area contributed by atoms with Crippen molar-refractivity contribution in [3.05, 3.63) is 53.6 Å². The van der Waals surface area contributed by atoms with E-state index in [1.807, 2.05) is 42.5 Å². The smallest absolute Gasteiger partial charge is 0.494 e. The maximum absolute atomic E-state index is 11.5. The van der Waals surface area contributed by atoms with E-state index in [1.165, 1.54) is 6.92 Å². The van der Waals surface area contributed by atoms with Crippen molar-refractivity contribution < 1.29 is 28.3 Å². The quantitative estimate of drug-likeness (QED) is 0.585. The van der Waals surface area contributed by atoms with Crippen LogP contribution in [0.25, 0.3) is 0 Å². The Morgan fingerprint density at radius 2 is 1.86 bits per heavy atom. The SMILES string of the molecule is COc1ccc(OC)c2c1C[C@@]1(COC(C)=O)C[C@@H]2OB(c2ccccc2)O1. The highest BCUT2D eigenvalue weighted by Crippen LogP contribution is 2.50. The van der Waals surface area contributed by atoms with Crippen molar-refractivity contribution in [2.75, 3.05) is 20.8 Å².